The summed E-state index contributed by atoms with van der Waals surface area (Å²) >= 11 is 3.94. The lowest BCUT2D eigenvalue weighted by Gasteiger charge is -2.37. The predicted molar refractivity (Wildman–Crippen MR) is 80.7 cm³/mol. The molecule has 1 aromatic heterocycles. The van der Waals surface area contributed by atoms with Crippen LogP contribution >= 0.6 is 23.1 Å². The molecule has 2 N–H and O–H groups in total. The second kappa shape index (κ2) is 4.69. The minimum atomic E-state index is 0.172. The van der Waals surface area contributed by atoms with Crippen LogP contribution in [0.4, 0.5) is 5.13 Å². The van der Waals surface area contributed by atoms with E-state index >= 15 is 0 Å². The Bertz CT molecular complexity index is 441. The summed E-state index contributed by atoms with van der Waals surface area (Å²) < 4.78 is 0.340. The second-order valence-corrected chi connectivity index (χ2v) is 8.70. The van der Waals surface area contributed by atoms with Crippen LogP contribution in [0.1, 0.15) is 43.3 Å². The normalized spacial score (nSPS) is 27.1. The average Bonchev–Trinajstić information content (AvgIpc) is 2.73. The van der Waals surface area contributed by atoms with Gasteiger partial charge in [0, 0.05) is 34.5 Å². The van der Waals surface area contributed by atoms with Crippen LogP contribution in [0.25, 0.3) is 0 Å². The standard InChI is InChI=1S/C13H21N3S2/c1-13(2)8-16(6-7-17-13)12-15-11-9(14)4-3-5-10(11)18-12/h9H,3-8,14H2,1-2H3. The van der Waals surface area contributed by atoms with Crippen LogP contribution < -0.4 is 10.6 Å². The molecule has 5 heteroatoms. The molecule has 2 aliphatic rings. The van der Waals surface area contributed by atoms with Crippen molar-refractivity contribution in [2.75, 3.05) is 23.7 Å². The number of nitrogens with two attached hydrogens (primary N) is 1. The van der Waals surface area contributed by atoms with E-state index in [1.807, 2.05) is 11.3 Å². The van der Waals surface area contributed by atoms with E-state index < -0.39 is 0 Å². The maximum atomic E-state index is 6.16. The van der Waals surface area contributed by atoms with Gasteiger partial charge in [0.1, 0.15) is 0 Å². The minimum Gasteiger partial charge on any atom is -0.346 e. The minimum absolute atomic E-state index is 0.172. The maximum Gasteiger partial charge on any atom is 0.185 e. The Morgan fingerprint density at radius 3 is 3.00 bits per heavy atom. The fourth-order valence-corrected chi connectivity index (χ4v) is 5.06. The number of rotatable bonds is 1. The van der Waals surface area contributed by atoms with Crippen LogP contribution in [0, 0.1) is 0 Å². The number of hydrogen-bond acceptors (Lipinski definition) is 5. The molecule has 3 rings (SSSR count). The molecule has 2 heterocycles. The number of aromatic nitrogens is 1. The quantitative estimate of drug-likeness (QED) is 0.860. The van der Waals surface area contributed by atoms with Crippen LogP contribution in [0.5, 0.6) is 0 Å². The molecule has 1 saturated heterocycles. The molecule has 0 radical (unpaired) electrons. The van der Waals surface area contributed by atoms with Crippen molar-refractivity contribution < 1.29 is 0 Å². The molecule has 0 bridgehead atoms. The third kappa shape index (κ3) is 2.40. The number of nitrogens with zero attached hydrogens (tertiary/aromatic N) is 2. The van der Waals surface area contributed by atoms with E-state index in [4.69, 9.17) is 10.7 Å². The second-order valence-electron chi connectivity index (χ2n) is 5.83. The van der Waals surface area contributed by atoms with Gasteiger partial charge in [-0.2, -0.15) is 11.8 Å². The van der Waals surface area contributed by atoms with E-state index in [0.717, 1.165) is 19.5 Å². The maximum absolute atomic E-state index is 6.16. The summed E-state index contributed by atoms with van der Waals surface area (Å²) in [7, 11) is 0. The number of thiazole rings is 1. The molecule has 1 unspecified atom stereocenters. The van der Waals surface area contributed by atoms with E-state index in [-0.39, 0.29) is 6.04 Å². The molecule has 0 spiro atoms. The number of fused-ring (bicyclic) bond motifs is 1. The van der Waals surface area contributed by atoms with Crippen molar-refractivity contribution in [1.82, 2.24) is 4.98 Å². The summed E-state index contributed by atoms with van der Waals surface area (Å²) in [4.78, 5) is 8.71. The van der Waals surface area contributed by atoms with Gasteiger partial charge in [-0.1, -0.05) is 0 Å². The first kappa shape index (κ1) is 12.8. The van der Waals surface area contributed by atoms with Crippen molar-refractivity contribution in [3.8, 4) is 0 Å². The molecule has 3 nitrogen and oxygen atoms in total. The SMILES string of the molecule is CC1(C)CN(c2nc3c(s2)CCCC3N)CCS1. The highest BCUT2D eigenvalue weighted by molar-refractivity contribution is 8.00. The van der Waals surface area contributed by atoms with Crippen molar-refractivity contribution in [3.05, 3.63) is 10.6 Å². The van der Waals surface area contributed by atoms with Crippen molar-refractivity contribution in [2.24, 2.45) is 5.73 Å². The highest BCUT2D eigenvalue weighted by Gasteiger charge is 2.30. The molecule has 18 heavy (non-hydrogen) atoms. The largest absolute Gasteiger partial charge is 0.346 e. The van der Waals surface area contributed by atoms with Crippen LogP contribution in [-0.2, 0) is 6.42 Å². The monoisotopic (exact) mass is 283 g/mol. The van der Waals surface area contributed by atoms with Crippen LogP contribution in [0.2, 0.25) is 0 Å². The van der Waals surface area contributed by atoms with Crippen molar-refractivity contribution in [2.45, 2.75) is 43.9 Å². The lowest BCUT2D eigenvalue weighted by molar-refractivity contribution is 0.562. The highest BCUT2D eigenvalue weighted by atomic mass is 32.2. The topological polar surface area (TPSA) is 42.2 Å². The number of aryl methyl sites for hydroxylation is 1. The lowest BCUT2D eigenvalue weighted by atomic mass is 9.99. The van der Waals surface area contributed by atoms with Gasteiger partial charge in [-0.15, -0.1) is 11.3 Å². The van der Waals surface area contributed by atoms with Crippen molar-refractivity contribution in [3.63, 3.8) is 0 Å². The molecular weight excluding hydrogens is 262 g/mol. The van der Waals surface area contributed by atoms with Gasteiger partial charge in [-0.3, -0.25) is 0 Å². The number of anilines is 1. The van der Waals surface area contributed by atoms with Crippen LogP contribution in [-0.4, -0.2) is 28.6 Å². The zero-order valence-electron chi connectivity index (χ0n) is 11.1. The summed E-state index contributed by atoms with van der Waals surface area (Å²) in [5.74, 6) is 1.20. The summed E-state index contributed by atoms with van der Waals surface area (Å²) in [5.41, 5.74) is 7.34. The van der Waals surface area contributed by atoms with Crippen LogP contribution in [0.15, 0.2) is 0 Å². The molecule has 1 atom stereocenters. The third-order valence-corrected chi connectivity index (χ3v) is 6.17. The van der Waals surface area contributed by atoms with E-state index in [1.54, 1.807) is 0 Å². The summed E-state index contributed by atoms with van der Waals surface area (Å²) in [6.45, 7) is 6.86. The number of hydrogen-bond donors (Lipinski definition) is 1. The van der Waals surface area contributed by atoms with Gasteiger partial charge >= 0.3 is 0 Å². The average molecular weight is 283 g/mol. The Balaban J connectivity index is 1.84. The first-order valence-electron chi connectivity index (χ1n) is 6.69. The lowest BCUT2D eigenvalue weighted by Crippen LogP contribution is -2.43. The fraction of sp³-hybridized carbons (Fsp3) is 0.769. The molecule has 100 valence electrons. The van der Waals surface area contributed by atoms with Gasteiger partial charge in [-0.05, 0) is 33.1 Å². The van der Waals surface area contributed by atoms with Crippen molar-refractivity contribution in [1.29, 1.82) is 0 Å². The molecule has 0 aromatic carbocycles. The van der Waals surface area contributed by atoms with Crippen molar-refractivity contribution >= 4 is 28.2 Å². The molecule has 1 aromatic rings. The van der Waals surface area contributed by atoms with Gasteiger partial charge < -0.3 is 10.6 Å². The Morgan fingerprint density at radius 2 is 2.28 bits per heavy atom. The van der Waals surface area contributed by atoms with Gasteiger partial charge in [0.05, 0.1) is 5.69 Å². The highest BCUT2D eigenvalue weighted by Crippen LogP contribution is 2.38. The molecular formula is C13H21N3S2. The Labute approximate surface area is 117 Å². The van der Waals surface area contributed by atoms with E-state index in [1.165, 1.54) is 34.3 Å². The zero-order valence-corrected chi connectivity index (χ0v) is 12.7. The Kier molecular flexibility index (Phi) is 3.32. The predicted octanol–water partition coefficient (Wildman–Crippen LogP) is 2.81. The molecule has 0 saturated carbocycles. The molecule has 1 aliphatic heterocycles. The smallest absolute Gasteiger partial charge is 0.185 e. The van der Waals surface area contributed by atoms with E-state index in [0.29, 0.717) is 4.75 Å². The first-order valence-corrected chi connectivity index (χ1v) is 8.49. The fourth-order valence-electron chi connectivity index (χ4n) is 2.75. The molecule has 1 aliphatic carbocycles. The van der Waals surface area contributed by atoms with Gasteiger partial charge in [0.15, 0.2) is 5.13 Å². The molecule has 1 fully saturated rings. The van der Waals surface area contributed by atoms with Gasteiger partial charge in [0.2, 0.25) is 0 Å². The van der Waals surface area contributed by atoms with Crippen LogP contribution in [0.3, 0.4) is 0 Å². The summed E-state index contributed by atoms with van der Waals surface area (Å²) in [6, 6.07) is 0.172. The Hall–Kier alpha value is -0.260. The first-order chi connectivity index (χ1) is 8.55. The zero-order chi connectivity index (χ0) is 12.8. The molecule has 0 amide bonds. The summed E-state index contributed by atoms with van der Waals surface area (Å²) in [6.07, 6.45) is 3.49. The Morgan fingerprint density at radius 1 is 1.44 bits per heavy atom. The number of thioether (sulfide) groups is 1. The van der Waals surface area contributed by atoms with E-state index in [2.05, 4.69) is 30.5 Å². The van der Waals surface area contributed by atoms with Gasteiger partial charge in [0.25, 0.3) is 0 Å². The van der Waals surface area contributed by atoms with E-state index in [9.17, 15) is 0 Å². The van der Waals surface area contributed by atoms with Gasteiger partial charge in [-0.25, -0.2) is 4.98 Å². The third-order valence-electron chi connectivity index (χ3n) is 3.68. The summed E-state index contributed by atoms with van der Waals surface area (Å²) in [5, 5.41) is 1.20.